The van der Waals surface area contributed by atoms with Crippen LogP contribution >= 0.6 is 0 Å². The number of aryl methyl sites for hydroxylation is 1. The SMILES string of the molecule is Cn1cc(-c2ccnc(N3CCc4cc(OC(F)(F)F)ccc4C3=O)c2CO)cc(C2(C(N)=O)CC2)c1=O. The Balaban J connectivity index is 1.54. The molecule has 9 nitrogen and oxygen atoms in total. The van der Waals surface area contributed by atoms with E-state index in [0.717, 1.165) is 6.07 Å². The molecule has 3 N–H and O–H groups in total. The summed E-state index contributed by atoms with van der Waals surface area (Å²) in [5.41, 5.74) is 6.44. The number of ether oxygens (including phenoxy) is 1. The topological polar surface area (TPSA) is 128 Å². The van der Waals surface area contributed by atoms with Gasteiger partial charge in [-0.05, 0) is 66.3 Å². The fourth-order valence-corrected chi connectivity index (χ4v) is 4.98. The van der Waals surface area contributed by atoms with E-state index in [-0.39, 0.29) is 35.5 Å². The number of amides is 2. The maximum absolute atomic E-state index is 13.3. The number of alkyl halides is 3. The monoisotopic (exact) mass is 528 g/mol. The number of carbonyl (C=O) groups excluding carboxylic acids is 2. The highest BCUT2D eigenvalue weighted by Crippen LogP contribution is 2.47. The molecule has 1 aliphatic carbocycles. The highest BCUT2D eigenvalue weighted by Gasteiger charge is 2.52. The zero-order valence-electron chi connectivity index (χ0n) is 20.2. The largest absolute Gasteiger partial charge is 0.573 e. The van der Waals surface area contributed by atoms with Crippen LogP contribution in [0.25, 0.3) is 11.1 Å². The van der Waals surface area contributed by atoms with Crippen molar-refractivity contribution in [3.63, 3.8) is 0 Å². The van der Waals surface area contributed by atoms with Crippen molar-refractivity contribution in [1.82, 2.24) is 9.55 Å². The molecule has 2 amide bonds. The molecule has 0 radical (unpaired) electrons. The maximum Gasteiger partial charge on any atom is 0.573 e. The highest BCUT2D eigenvalue weighted by atomic mass is 19.4. The van der Waals surface area contributed by atoms with Crippen LogP contribution in [0.5, 0.6) is 5.75 Å². The van der Waals surface area contributed by atoms with Crippen LogP contribution in [-0.4, -0.2) is 39.4 Å². The van der Waals surface area contributed by atoms with E-state index in [2.05, 4.69) is 9.72 Å². The number of halogens is 3. The number of rotatable bonds is 6. The van der Waals surface area contributed by atoms with Gasteiger partial charge in [0.25, 0.3) is 11.5 Å². The van der Waals surface area contributed by atoms with Crippen LogP contribution in [0.1, 0.15) is 39.9 Å². The fourth-order valence-electron chi connectivity index (χ4n) is 4.98. The highest BCUT2D eigenvalue weighted by molar-refractivity contribution is 6.08. The van der Waals surface area contributed by atoms with Gasteiger partial charge in [-0.2, -0.15) is 0 Å². The van der Waals surface area contributed by atoms with E-state index in [1.54, 1.807) is 25.4 Å². The number of fused-ring (bicyclic) bond motifs is 1. The smallest absolute Gasteiger partial charge is 0.406 e. The van der Waals surface area contributed by atoms with Gasteiger partial charge >= 0.3 is 6.36 Å². The molecular weight excluding hydrogens is 505 g/mol. The molecule has 1 fully saturated rings. The molecule has 2 aromatic heterocycles. The van der Waals surface area contributed by atoms with Crippen molar-refractivity contribution in [3.05, 3.63) is 75.3 Å². The second kappa shape index (κ2) is 8.98. The summed E-state index contributed by atoms with van der Waals surface area (Å²) in [4.78, 5) is 44.0. The van der Waals surface area contributed by atoms with Crippen LogP contribution in [0.4, 0.5) is 19.0 Å². The molecule has 5 rings (SSSR count). The lowest BCUT2D eigenvalue weighted by Crippen LogP contribution is -2.39. The summed E-state index contributed by atoms with van der Waals surface area (Å²) in [6.07, 6.45) is -0.663. The fraction of sp³-hybridized carbons (Fsp3) is 0.308. The second-order valence-electron chi connectivity index (χ2n) is 9.40. The van der Waals surface area contributed by atoms with Crippen LogP contribution in [0.15, 0.2) is 47.5 Å². The van der Waals surface area contributed by atoms with Crippen LogP contribution in [0.2, 0.25) is 0 Å². The van der Waals surface area contributed by atoms with Crippen LogP contribution in [0, 0.1) is 0 Å². The number of nitrogens with zero attached hydrogens (tertiary/aromatic N) is 3. The third-order valence-corrected chi connectivity index (χ3v) is 7.07. The van der Waals surface area contributed by atoms with E-state index >= 15 is 0 Å². The first kappa shape index (κ1) is 25.5. The number of anilines is 1. The molecule has 0 unspecified atom stereocenters. The quantitative estimate of drug-likeness (QED) is 0.506. The van der Waals surface area contributed by atoms with E-state index in [4.69, 9.17) is 5.73 Å². The van der Waals surface area contributed by atoms with Crippen molar-refractivity contribution in [2.45, 2.75) is 37.6 Å². The van der Waals surface area contributed by atoms with E-state index in [9.17, 15) is 32.7 Å². The molecule has 0 bridgehead atoms. The van der Waals surface area contributed by atoms with Gasteiger partial charge in [-0.1, -0.05) is 0 Å². The molecule has 1 aliphatic heterocycles. The summed E-state index contributed by atoms with van der Waals surface area (Å²) in [5, 5.41) is 10.3. The Hall–Kier alpha value is -4.19. The van der Waals surface area contributed by atoms with Gasteiger partial charge in [-0.25, -0.2) is 4.98 Å². The van der Waals surface area contributed by atoms with Crippen LogP contribution < -0.4 is 20.9 Å². The Kier molecular flexibility index (Phi) is 6.02. The first-order chi connectivity index (χ1) is 17.9. The lowest BCUT2D eigenvalue weighted by atomic mass is 9.92. The first-order valence-corrected chi connectivity index (χ1v) is 11.8. The summed E-state index contributed by atoms with van der Waals surface area (Å²) in [7, 11) is 1.55. The minimum Gasteiger partial charge on any atom is -0.406 e. The minimum atomic E-state index is -4.85. The predicted octanol–water partition coefficient (Wildman–Crippen LogP) is 2.56. The Labute approximate surface area is 214 Å². The van der Waals surface area contributed by atoms with Crippen molar-refractivity contribution in [1.29, 1.82) is 0 Å². The molecule has 3 aromatic rings. The van der Waals surface area contributed by atoms with Gasteiger partial charge < -0.3 is 20.1 Å². The summed E-state index contributed by atoms with van der Waals surface area (Å²) in [6, 6.07) is 6.75. The Morgan fingerprint density at radius 3 is 2.55 bits per heavy atom. The third-order valence-electron chi connectivity index (χ3n) is 7.07. The average Bonchev–Trinajstić information content (AvgIpc) is 3.66. The summed E-state index contributed by atoms with van der Waals surface area (Å²) in [5.74, 6) is -1.30. The first-order valence-electron chi connectivity index (χ1n) is 11.8. The van der Waals surface area contributed by atoms with Crippen LogP contribution in [0.3, 0.4) is 0 Å². The summed E-state index contributed by atoms with van der Waals surface area (Å²) >= 11 is 0. The van der Waals surface area contributed by atoms with Gasteiger partial charge in [0, 0.05) is 42.7 Å². The lowest BCUT2D eigenvalue weighted by Gasteiger charge is -2.30. The van der Waals surface area contributed by atoms with E-state index in [0.29, 0.717) is 35.1 Å². The molecule has 1 aromatic carbocycles. The predicted molar refractivity (Wildman–Crippen MR) is 129 cm³/mol. The molecular formula is C26H23F3N4O5. The number of aromatic nitrogens is 2. The zero-order chi connectivity index (χ0) is 27.4. The molecule has 12 heteroatoms. The molecule has 0 atom stereocenters. The van der Waals surface area contributed by atoms with Crippen molar-refractivity contribution < 1.29 is 32.6 Å². The number of primary amides is 1. The number of pyridine rings is 2. The van der Waals surface area contributed by atoms with Crippen LogP contribution in [-0.2, 0) is 30.3 Å². The normalized spacial score (nSPS) is 16.2. The van der Waals surface area contributed by atoms with E-state index < -0.39 is 35.9 Å². The number of aliphatic hydroxyl groups is 1. The number of hydrogen-bond donors (Lipinski definition) is 2. The lowest BCUT2D eigenvalue weighted by molar-refractivity contribution is -0.274. The van der Waals surface area contributed by atoms with E-state index in [1.165, 1.54) is 27.8 Å². The molecule has 0 spiro atoms. The maximum atomic E-state index is 13.3. The number of benzene rings is 1. The van der Waals surface area contributed by atoms with Crippen molar-refractivity contribution in [3.8, 4) is 16.9 Å². The van der Waals surface area contributed by atoms with Gasteiger partial charge in [0.15, 0.2) is 0 Å². The number of hydrogen-bond acceptors (Lipinski definition) is 6. The average molecular weight is 528 g/mol. The van der Waals surface area contributed by atoms with Crippen molar-refractivity contribution in [2.75, 3.05) is 11.4 Å². The Bertz CT molecular complexity index is 1530. The molecule has 1 saturated carbocycles. The Morgan fingerprint density at radius 2 is 1.92 bits per heavy atom. The van der Waals surface area contributed by atoms with Gasteiger partial charge in [0.2, 0.25) is 5.91 Å². The number of nitrogens with two attached hydrogens (primary N) is 1. The van der Waals surface area contributed by atoms with Crippen molar-refractivity contribution >= 4 is 17.6 Å². The number of carbonyl (C=O) groups is 2. The Morgan fingerprint density at radius 1 is 1.18 bits per heavy atom. The summed E-state index contributed by atoms with van der Waals surface area (Å²) in [6.45, 7) is -0.388. The summed E-state index contributed by atoms with van der Waals surface area (Å²) < 4.78 is 43.1. The molecule has 198 valence electrons. The molecule has 38 heavy (non-hydrogen) atoms. The van der Waals surface area contributed by atoms with E-state index in [1.807, 2.05) is 0 Å². The second-order valence-corrected chi connectivity index (χ2v) is 9.40. The number of aliphatic hydroxyl groups excluding tert-OH is 1. The van der Waals surface area contributed by atoms with Crippen molar-refractivity contribution in [2.24, 2.45) is 12.8 Å². The third kappa shape index (κ3) is 4.30. The standard InChI is InChI=1S/C26H23F3N4O5/c1-32-12-15(11-20(23(32)36)25(6-7-25)24(30)37)17-4-8-31-21(19(17)13-34)33-9-5-14-10-16(38-26(27,28)29)2-3-18(14)22(33)35/h2-4,8,10-12,34H,5-7,9,13H2,1H3,(H2,30,37). The van der Waals surface area contributed by atoms with Gasteiger partial charge in [-0.15, -0.1) is 13.2 Å². The zero-order valence-corrected chi connectivity index (χ0v) is 20.2. The minimum absolute atomic E-state index is 0.105. The molecule has 2 aliphatic rings. The molecule has 3 heterocycles. The van der Waals surface area contributed by atoms with Gasteiger partial charge in [0.05, 0.1) is 12.0 Å². The molecule has 0 saturated heterocycles. The van der Waals surface area contributed by atoms with Gasteiger partial charge in [0.1, 0.15) is 11.6 Å². The van der Waals surface area contributed by atoms with Gasteiger partial charge in [-0.3, -0.25) is 19.3 Å².